The summed E-state index contributed by atoms with van der Waals surface area (Å²) in [6.07, 6.45) is 0.533. The van der Waals surface area contributed by atoms with Gasteiger partial charge in [0, 0.05) is 4.91 Å². The van der Waals surface area contributed by atoms with Crippen molar-refractivity contribution in [1.82, 2.24) is 0 Å². The Bertz CT molecular complexity index is 330. The second kappa shape index (κ2) is 4.00. The molecule has 5 heteroatoms. The lowest BCUT2D eigenvalue weighted by atomic mass is 10.3. The number of anilines is 1. The van der Waals surface area contributed by atoms with Gasteiger partial charge in [-0.15, -0.1) is 0 Å². The molecule has 12 heavy (non-hydrogen) atoms. The molecule has 1 N–H and O–H groups in total. The van der Waals surface area contributed by atoms with Crippen LogP contribution in [0.25, 0.3) is 10.4 Å². The third-order valence-electron chi connectivity index (χ3n) is 1.27. The topological polar surface area (TPSA) is 77.9 Å². The predicted molar refractivity (Wildman–Crippen MR) is 44.9 cm³/mol. The van der Waals surface area contributed by atoms with Crippen LogP contribution in [0.15, 0.2) is 29.4 Å². The van der Waals surface area contributed by atoms with Crippen molar-refractivity contribution >= 4 is 17.8 Å². The summed E-state index contributed by atoms with van der Waals surface area (Å²) >= 11 is 0. The normalized spacial score (nSPS) is 8.33. The monoisotopic (exact) mass is 162 g/mol. The summed E-state index contributed by atoms with van der Waals surface area (Å²) in [5.74, 6) is 0. The van der Waals surface area contributed by atoms with E-state index in [1.54, 1.807) is 24.3 Å². The molecule has 0 aliphatic heterocycles. The van der Waals surface area contributed by atoms with Crippen LogP contribution >= 0.6 is 0 Å². The number of benzene rings is 1. The van der Waals surface area contributed by atoms with Gasteiger partial charge in [-0.3, -0.25) is 4.79 Å². The summed E-state index contributed by atoms with van der Waals surface area (Å²) in [7, 11) is 0. The fourth-order valence-corrected chi connectivity index (χ4v) is 0.795. The average molecular weight is 162 g/mol. The molecule has 0 fully saturated rings. The molecule has 0 bridgehead atoms. The third kappa shape index (κ3) is 1.74. The fourth-order valence-electron chi connectivity index (χ4n) is 0.795. The van der Waals surface area contributed by atoms with Crippen molar-refractivity contribution in [3.8, 4) is 0 Å². The smallest absolute Gasteiger partial charge is 0.211 e. The Morgan fingerprint density at radius 2 is 2.25 bits per heavy atom. The molecular weight excluding hydrogens is 156 g/mol. The number of rotatable bonds is 3. The molecule has 0 aromatic heterocycles. The first-order valence-electron chi connectivity index (χ1n) is 3.23. The van der Waals surface area contributed by atoms with Crippen LogP contribution in [0.4, 0.5) is 11.4 Å². The highest BCUT2D eigenvalue weighted by Gasteiger charge is 1.95. The van der Waals surface area contributed by atoms with Crippen LogP contribution < -0.4 is 5.32 Å². The Morgan fingerprint density at radius 1 is 1.50 bits per heavy atom. The summed E-state index contributed by atoms with van der Waals surface area (Å²) in [5.41, 5.74) is 9.07. The number of carbonyl (C=O) groups is 1. The molecule has 1 aromatic rings. The SMILES string of the molecule is [N-]=[N+]=Nc1ccccc1NC=O. The van der Waals surface area contributed by atoms with E-state index in [0.717, 1.165) is 0 Å². The first-order valence-corrected chi connectivity index (χ1v) is 3.23. The minimum Gasteiger partial charge on any atom is -0.328 e. The van der Waals surface area contributed by atoms with Crippen molar-refractivity contribution in [2.75, 3.05) is 5.32 Å². The van der Waals surface area contributed by atoms with Gasteiger partial charge < -0.3 is 5.32 Å². The lowest BCUT2D eigenvalue weighted by Gasteiger charge is -2.00. The lowest BCUT2D eigenvalue weighted by Crippen LogP contribution is -1.92. The summed E-state index contributed by atoms with van der Waals surface area (Å²) in [6.45, 7) is 0. The van der Waals surface area contributed by atoms with Crippen LogP contribution in [-0.2, 0) is 4.79 Å². The molecule has 0 unspecified atom stereocenters. The number of para-hydroxylation sites is 1. The molecule has 0 radical (unpaired) electrons. The van der Waals surface area contributed by atoms with E-state index in [4.69, 9.17) is 5.53 Å². The highest BCUT2D eigenvalue weighted by atomic mass is 16.1. The van der Waals surface area contributed by atoms with Crippen LogP contribution in [-0.4, -0.2) is 6.41 Å². The van der Waals surface area contributed by atoms with Crippen LogP contribution in [0.5, 0.6) is 0 Å². The van der Waals surface area contributed by atoms with Crippen LogP contribution in [0, 0.1) is 0 Å². The molecule has 0 aliphatic carbocycles. The molecule has 1 amide bonds. The number of nitrogens with zero attached hydrogens (tertiary/aromatic N) is 3. The summed E-state index contributed by atoms with van der Waals surface area (Å²) in [5, 5.41) is 5.80. The van der Waals surface area contributed by atoms with Gasteiger partial charge in [0.25, 0.3) is 0 Å². The molecule has 0 saturated heterocycles. The molecule has 0 aliphatic rings. The molecule has 0 heterocycles. The van der Waals surface area contributed by atoms with Crippen molar-refractivity contribution in [1.29, 1.82) is 0 Å². The minimum atomic E-state index is 0.409. The molecule has 0 spiro atoms. The Balaban J connectivity index is 3.07. The Morgan fingerprint density at radius 3 is 2.92 bits per heavy atom. The standard InChI is InChI=1S/C7H6N4O/c8-11-10-7-4-2-1-3-6(7)9-5-12/h1-5H,(H,9,12). The Labute approximate surface area is 68.6 Å². The van der Waals surface area contributed by atoms with Gasteiger partial charge in [-0.2, -0.15) is 0 Å². The van der Waals surface area contributed by atoms with E-state index in [1.807, 2.05) is 0 Å². The summed E-state index contributed by atoms with van der Waals surface area (Å²) < 4.78 is 0. The molecule has 0 atom stereocenters. The van der Waals surface area contributed by atoms with Crippen LogP contribution in [0.3, 0.4) is 0 Å². The fraction of sp³-hybridized carbons (Fsp3) is 0. The van der Waals surface area contributed by atoms with E-state index in [1.165, 1.54) is 0 Å². The highest BCUT2D eigenvalue weighted by molar-refractivity contribution is 5.78. The minimum absolute atomic E-state index is 0.409. The predicted octanol–water partition coefficient (Wildman–Crippen LogP) is 2.20. The van der Waals surface area contributed by atoms with Crippen molar-refractivity contribution < 1.29 is 4.79 Å². The number of hydrogen-bond acceptors (Lipinski definition) is 2. The van der Waals surface area contributed by atoms with E-state index >= 15 is 0 Å². The van der Waals surface area contributed by atoms with E-state index in [2.05, 4.69) is 15.3 Å². The van der Waals surface area contributed by atoms with E-state index in [-0.39, 0.29) is 0 Å². The number of azide groups is 1. The number of carbonyl (C=O) groups excluding carboxylic acids is 1. The Hall–Kier alpha value is -2.00. The maximum atomic E-state index is 10.1. The van der Waals surface area contributed by atoms with Gasteiger partial charge in [-0.05, 0) is 11.6 Å². The molecule has 1 aromatic carbocycles. The van der Waals surface area contributed by atoms with Crippen molar-refractivity contribution in [2.45, 2.75) is 0 Å². The zero-order valence-electron chi connectivity index (χ0n) is 6.14. The largest absolute Gasteiger partial charge is 0.328 e. The molecular formula is C7H6N4O. The first-order chi connectivity index (χ1) is 5.88. The maximum Gasteiger partial charge on any atom is 0.211 e. The van der Waals surface area contributed by atoms with Gasteiger partial charge in [0.2, 0.25) is 6.41 Å². The molecule has 0 saturated carbocycles. The van der Waals surface area contributed by atoms with Gasteiger partial charge in [0.05, 0.1) is 11.4 Å². The van der Waals surface area contributed by atoms with Gasteiger partial charge in [-0.1, -0.05) is 23.3 Å². The van der Waals surface area contributed by atoms with Crippen LogP contribution in [0.2, 0.25) is 0 Å². The van der Waals surface area contributed by atoms with Gasteiger partial charge in [-0.25, -0.2) is 0 Å². The van der Waals surface area contributed by atoms with E-state index in [0.29, 0.717) is 17.8 Å². The average Bonchev–Trinajstić information content (AvgIpc) is 2.09. The van der Waals surface area contributed by atoms with E-state index in [9.17, 15) is 4.79 Å². The van der Waals surface area contributed by atoms with Crippen molar-refractivity contribution in [2.24, 2.45) is 5.11 Å². The second-order valence-electron chi connectivity index (χ2n) is 1.97. The number of hydrogen-bond donors (Lipinski definition) is 1. The second-order valence-corrected chi connectivity index (χ2v) is 1.97. The first kappa shape index (κ1) is 8.10. The lowest BCUT2D eigenvalue weighted by molar-refractivity contribution is -0.105. The zero-order chi connectivity index (χ0) is 8.81. The summed E-state index contributed by atoms with van der Waals surface area (Å²) in [6, 6.07) is 6.73. The Kier molecular flexibility index (Phi) is 2.70. The summed E-state index contributed by atoms with van der Waals surface area (Å²) in [4.78, 5) is 12.7. The van der Waals surface area contributed by atoms with Gasteiger partial charge in [0.1, 0.15) is 0 Å². The maximum absolute atomic E-state index is 10.1. The number of amides is 1. The van der Waals surface area contributed by atoms with Crippen LogP contribution in [0.1, 0.15) is 0 Å². The number of nitrogens with one attached hydrogen (secondary N) is 1. The molecule has 1 rings (SSSR count). The van der Waals surface area contributed by atoms with Gasteiger partial charge in [0.15, 0.2) is 0 Å². The van der Waals surface area contributed by atoms with E-state index < -0.39 is 0 Å². The van der Waals surface area contributed by atoms with Gasteiger partial charge >= 0.3 is 0 Å². The van der Waals surface area contributed by atoms with Crippen molar-refractivity contribution in [3.63, 3.8) is 0 Å². The molecule has 60 valence electrons. The highest BCUT2D eigenvalue weighted by Crippen LogP contribution is 2.23. The van der Waals surface area contributed by atoms with Crippen molar-refractivity contribution in [3.05, 3.63) is 34.7 Å². The molecule has 5 nitrogen and oxygen atoms in total. The zero-order valence-corrected chi connectivity index (χ0v) is 6.14. The quantitative estimate of drug-likeness (QED) is 0.314. The third-order valence-corrected chi connectivity index (χ3v) is 1.27.